The van der Waals surface area contributed by atoms with E-state index in [-0.39, 0.29) is 0 Å². The van der Waals surface area contributed by atoms with E-state index < -0.39 is 0 Å². The molecule has 0 aliphatic carbocycles. The van der Waals surface area contributed by atoms with Crippen LogP contribution in [0.5, 0.6) is 0 Å². The Morgan fingerprint density at radius 2 is 2.04 bits per heavy atom. The second kappa shape index (κ2) is 7.19. The number of nitrogens with zero attached hydrogens (tertiary/aromatic N) is 4. The summed E-state index contributed by atoms with van der Waals surface area (Å²) in [5.74, 6) is 0.795. The number of imidazole rings is 1. The Kier molecular flexibility index (Phi) is 4.61. The van der Waals surface area contributed by atoms with Gasteiger partial charge >= 0.3 is 0 Å². The second-order valence-corrected chi connectivity index (χ2v) is 6.76. The number of benzene rings is 1. The van der Waals surface area contributed by atoms with Crippen LogP contribution in [0, 0.1) is 0 Å². The number of hydrogen-bond acceptors (Lipinski definition) is 5. The first kappa shape index (κ1) is 16.0. The molecule has 1 saturated heterocycles. The summed E-state index contributed by atoms with van der Waals surface area (Å²) in [5.41, 5.74) is 4.24. The minimum Gasteiger partial charge on any atom is -0.364 e. The number of aromatic amines is 1. The minimum atomic E-state index is 0.668. The van der Waals surface area contributed by atoms with Gasteiger partial charge in [0.25, 0.3) is 0 Å². The fourth-order valence-electron chi connectivity index (χ4n) is 3.57. The van der Waals surface area contributed by atoms with Gasteiger partial charge in [-0.15, -0.1) is 0 Å². The quantitative estimate of drug-likeness (QED) is 0.748. The number of piperidine rings is 1. The lowest BCUT2D eigenvalue weighted by Crippen LogP contribution is -2.37. The molecular formula is C19H24N6. The maximum Gasteiger partial charge on any atom is 0.182 e. The molecule has 130 valence electrons. The van der Waals surface area contributed by atoms with Gasteiger partial charge in [0.15, 0.2) is 11.5 Å². The van der Waals surface area contributed by atoms with Gasteiger partial charge in [-0.1, -0.05) is 30.7 Å². The maximum atomic E-state index is 4.35. The fourth-order valence-corrected chi connectivity index (χ4v) is 3.57. The Bertz CT molecular complexity index is 843. The van der Waals surface area contributed by atoms with Crippen molar-refractivity contribution < 1.29 is 0 Å². The van der Waals surface area contributed by atoms with Crippen LogP contribution in [0.4, 0.5) is 5.82 Å². The lowest BCUT2D eigenvalue weighted by Gasteiger charge is -2.33. The minimum absolute atomic E-state index is 0.668. The highest BCUT2D eigenvalue weighted by molar-refractivity contribution is 5.81. The van der Waals surface area contributed by atoms with E-state index in [4.69, 9.17) is 0 Å². The van der Waals surface area contributed by atoms with Crippen molar-refractivity contribution in [1.29, 1.82) is 0 Å². The molecule has 6 nitrogen and oxygen atoms in total. The van der Waals surface area contributed by atoms with Gasteiger partial charge in [0.05, 0.1) is 6.33 Å². The largest absolute Gasteiger partial charge is 0.364 e. The van der Waals surface area contributed by atoms with E-state index in [1.807, 2.05) is 0 Å². The molecule has 4 rings (SSSR count). The molecule has 1 fully saturated rings. The van der Waals surface area contributed by atoms with Crippen LogP contribution in [0.15, 0.2) is 36.9 Å². The molecule has 0 amide bonds. The molecule has 2 aromatic heterocycles. The molecule has 0 spiro atoms. The molecule has 2 N–H and O–H groups in total. The standard InChI is InChI=1S/C19H24N6/c1-14-6-4-5-9-25(14)11-16-8-3-2-7-15(16)10-20-18-17-19(22-12-21-17)24-13-23-18/h2-3,7-8,12-14H,4-6,9-11H2,1H3,(H2,20,21,22,23,24). The molecule has 1 aliphatic heterocycles. The third-order valence-electron chi connectivity index (χ3n) is 5.10. The zero-order valence-corrected chi connectivity index (χ0v) is 14.6. The zero-order chi connectivity index (χ0) is 17.1. The van der Waals surface area contributed by atoms with E-state index in [1.54, 1.807) is 12.7 Å². The Labute approximate surface area is 147 Å². The average molecular weight is 336 g/mol. The van der Waals surface area contributed by atoms with E-state index >= 15 is 0 Å². The van der Waals surface area contributed by atoms with Crippen LogP contribution in [-0.4, -0.2) is 37.4 Å². The topological polar surface area (TPSA) is 69.7 Å². The normalized spacial score (nSPS) is 18.5. The van der Waals surface area contributed by atoms with Gasteiger partial charge in [-0.3, -0.25) is 4.90 Å². The number of nitrogens with one attached hydrogen (secondary N) is 2. The fraction of sp³-hybridized carbons (Fsp3) is 0.421. The van der Waals surface area contributed by atoms with Gasteiger partial charge in [-0.2, -0.15) is 0 Å². The lowest BCUT2D eigenvalue weighted by molar-refractivity contribution is 0.152. The molecule has 6 heteroatoms. The molecule has 0 bridgehead atoms. The summed E-state index contributed by atoms with van der Waals surface area (Å²) in [7, 11) is 0. The van der Waals surface area contributed by atoms with E-state index in [1.165, 1.54) is 36.9 Å². The van der Waals surface area contributed by atoms with E-state index in [0.29, 0.717) is 11.7 Å². The molecular weight excluding hydrogens is 312 g/mol. The SMILES string of the molecule is CC1CCCCN1Cc1ccccc1CNc1ncnc2nc[nH]c12. The Morgan fingerprint density at radius 3 is 2.92 bits per heavy atom. The van der Waals surface area contributed by atoms with Crippen molar-refractivity contribution >= 4 is 17.0 Å². The van der Waals surface area contributed by atoms with Crippen LogP contribution >= 0.6 is 0 Å². The smallest absolute Gasteiger partial charge is 0.182 e. The predicted octanol–water partition coefficient (Wildman–Crippen LogP) is 3.34. The maximum absolute atomic E-state index is 4.35. The van der Waals surface area contributed by atoms with Crippen LogP contribution < -0.4 is 5.32 Å². The molecule has 25 heavy (non-hydrogen) atoms. The van der Waals surface area contributed by atoms with E-state index in [0.717, 1.165) is 24.4 Å². The predicted molar refractivity (Wildman–Crippen MR) is 99.2 cm³/mol. The number of anilines is 1. The van der Waals surface area contributed by atoms with Crippen molar-refractivity contribution in [2.24, 2.45) is 0 Å². The van der Waals surface area contributed by atoms with Crippen molar-refractivity contribution in [2.45, 2.75) is 45.3 Å². The molecule has 3 aromatic rings. The van der Waals surface area contributed by atoms with Gasteiger partial charge in [0, 0.05) is 19.1 Å². The summed E-state index contributed by atoms with van der Waals surface area (Å²) in [6.45, 7) is 5.30. The van der Waals surface area contributed by atoms with Crippen molar-refractivity contribution in [3.63, 3.8) is 0 Å². The van der Waals surface area contributed by atoms with Crippen LogP contribution in [0.1, 0.15) is 37.3 Å². The van der Waals surface area contributed by atoms with Gasteiger partial charge in [0.1, 0.15) is 11.8 Å². The van der Waals surface area contributed by atoms with Gasteiger partial charge in [-0.25, -0.2) is 15.0 Å². The van der Waals surface area contributed by atoms with Crippen LogP contribution in [-0.2, 0) is 13.1 Å². The Hall–Kier alpha value is -2.47. The van der Waals surface area contributed by atoms with Crippen LogP contribution in [0.3, 0.4) is 0 Å². The molecule has 1 aromatic carbocycles. The third-order valence-corrected chi connectivity index (χ3v) is 5.10. The third kappa shape index (κ3) is 3.49. The number of rotatable bonds is 5. The molecule has 3 heterocycles. The molecule has 0 radical (unpaired) electrons. The summed E-state index contributed by atoms with van der Waals surface area (Å²) in [6.07, 6.45) is 7.17. The van der Waals surface area contributed by atoms with Crippen molar-refractivity contribution in [1.82, 2.24) is 24.8 Å². The second-order valence-electron chi connectivity index (χ2n) is 6.76. The number of aromatic nitrogens is 4. The van der Waals surface area contributed by atoms with E-state index in [2.05, 4.69) is 61.3 Å². The zero-order valence-electron chi connectivity index (χ0n) is 14.6. The van der Waals surface area contributed by atoms with Gasteiger partial charge in [0.2, 0.25) is 0 Å². The van der Waals surface area contributed by atoms with Crippen LogP contribution in [0.25, 0.3) is 11.2 Å². The highest BCUT2D eigenvalue weighted by Gasteiger charge is 2.19. The van der Waals surface area contributed by atoms with E-state index in [9.17, 15) is 0 Å². The highest BCUT2D eigenvalue weighted by Crippen LogP contribution is 2.22. The first-order valence-electron chi connectivity index (χ1n) is 9.00. The number of likely N-dealkylation sites (tertiary alicyclic amines) is 1. The first-order chi connectivity index (χ1) is 12.3. The van der Waals surface area contributed by atoms with Crippen molar-refractivity contribution in [2.75, 3.05) is 11.9 Å². The molecule has 1 aliphatic rings. The van der Waals surface area contributed by atoms with Crippen molar-refractivity contribution in [3.8, 4) is 0 Å². The summed E-state index contributed by atoms with van der Waals surface area (Å²) >= 11 is 0. The number of H-pyrrole nitrogens is 1. The molecule has 1 unspecified atom stereocenters. The summed E-state index contributed by atoms with van der Waals surface area (Å²) in [5, 5.41) is 3.44. The van der Waals surface area contributed by atoms with Gasteiger partial charge < -0.3 is 10.3 Å². The first-order valence-corrected chi connectivity index (χ1v) is 9.00. The van der Waals surface area contributed by atoms with Crippen LogP contribution in [0.2, 0.25) is 0 Å². The number of fused-ring (bicyclic) bond motifs is 1. The summed E-state index contributed by atoms with van der Waals surface area (Å²) in [4.78, 5) is 18.4. The monoisotopic (exact) mass is 336 g/mol. The molecule has 0 saturated carbocycles. The Balaban J connectivity index is 1.50. The summed E-state index contributed by atoms with van der Waals surface area (Å²) in [6, 6.07) is 9.34. The van der Waals surface area contributed by atoms with Crippen molar-refractivity contribution in [3.05, 3.63) is 48.0 Å². The molecule has 1 atom stereocenters. The lowest BCUT2D eigenvalue weighted by atomic mass is 10.0. The highest BCUT2D eigenvalue weighted by atomic mass is 15.2. The number of hydrogen-bond donors (Lipinski definition) is 2. The van der Waals surface area contributed by atoms with Gasteiger partial charge in [-0.05, 0) is 37.4 Å². The average Bonchev–Trinajstić information content (AvgIpc) is 3.12. The Morgan fingerprint density at radius 1 is 1.16 bits per heavy atom. The summed E-state index contributed by atoms with van der Waals surface area (Å²) < 4.78 is 0.